The molecule has 0 unspecified atom stereocenters. The molecule has 3 heterocycles. The molecule has 0 N–H and O–H groups in total. The lowest BCUT2D eigenvalue weighted by atomic mass is 10.0. The van der Waals surface area contributed by atoms with Crippen LogP contribution in [0.4, 0.5) is 0 Å². The van der Waals surface area contributed by atoms with Crippen molar-refractivity contribution in [1.29, 1.82) is 0 Å². The van der Waals surface area contributed by atoms with Crippen LogP contribution in [0.2, 0.25) is 0 Å². The fraction of sp³-hybridized carbons (Fsp3) is 0.375. The molecule has 2 aromatic carbocycles. The molecular formula is C24H26N4O3S. The number of aromatic nitrogens is 3. The van der Waals surface area contributed by atoms with E-state index >= 15 is 0 Å². The number of rotatable bonds is 5. The van der Waals surface area contributed by atoms with E-state index in [1.165, 1.54) is 17.3 Å². The first-order valence-electron chi connectivity index (χ1n) is 10.9. The van der Waals surface area contributed by atoms with Gasteiger partial charge in [-0.1, -0.05) is 30.0 Å². The predicted molar refractivity (Wildman–Crippen MR) is 123 cm³/mol. The molecule has 5 rings (SSSR count). The first-order valence-corrected chi connectivity index (χ1v) is 11.9. The minimum Gasteiger partial charge on any atom is -0.486 e. The molecule has 0 spiro atoms. The molecule has 0 aliphatic carbocycles. The van der Waals surface area contributed by atoms with Gasteiger partial charge < -0.3 is 14.4 Å². The second-order valence-corrected chi connectivity index (χ2v) is 9.08. The largest absolute Gasteiger partial charge is 0.486 e. The average molecular weight is 451 g/mol. The number of carbonyl (C=O) groups excluding carboxylic acids is 1. The number of amides is 1. The lowest BCUT2D eigenvalue weighted by Gasteiger charge is -2.26. The Morgan fingerprint density at radius 2 is 1.94 bits per heavy atom. The van der Waals surface area contributed by atoms with Crippen LogP contribution in [0, 0.1) is 13.8 Å². The van der Waals surface area contributed by atoms with Crippen LogP contribution in [-0.2, 0) is 4.79 Å². The molecule has 1 aromatic heterocycles. The second kappa shape index (κ2) is 8.86. The number of carbonyl (C=O) groups is 1. The van der Waals surface area contributed by atoms with Gasteiger partial charge in [-0.25, -0.2) is 0 Å². The van der Waals surface area contributed by atoms with Crippen molar-refractivity contribution in [3.63, 3.8) is 0 Å². The zero-order valence-electron chi connectivity index (χ0n) is 18.3. The third kappa shape index (κ3) is 4.07. The van der Waals surface area contributed by atoms with Crippen molar-refractivity contribution < 1.29 is 14.3 Å². The fourth-order valence-electron chi connectivity index (χ4n) is 4.39. The number of fused-ring (bicyclic) bond motifs is 1. The Balaban J connectivity index is 1.31. The van der Waals surface area contributed by atoms with E-state index in [0.717, 1.165) is 53.1 Å². The lowest BCUT2D eigenvalue weighted by Crippen LogP contribution is -2.32. The monoisotopic (exact) mass is 450 g/mol. The molecule has 1 saturated heterocycles. The number of hydrogen-bond acceptors (Lipinski definition) is 6. The Kier molecular flexibility index (Phi) is 5.78. The van der Waals surface area contributed by atoms with E-state index in [1.54, 1.807) is 0 Å². The summed E-state index contributed by atoms with van der Waals surface area (Å²) in [5, 5.41) is 9.30. The number of thioether (sulfide) groups is 1. The van der Waals surface area contributed by atoms with Gasteiger partial charge in [-0.2, -0.15) is 0 Å². The smallest absolute Gasteiger partial charge is 0.233 e. The van der Waals surface area contributed by atoms with Crippen LogP contribution >= 0.6 is 11.8 Å². The van der Waals surface area contributed by atoms with E-state index in [2.05, 4.69) is 35.3 Å². The van der Waals surface area contributed by atoms with E-state index < -0.39 is 0 Å². The first kappa shape index (κ1) is 20.9. The Morgan fingerprint density at radius 3 is 2.78 bits per heavy atom. The third-order valence-corrected chi connectivity index (χ3v) is 6.82. The summed E-state index contributed by atoms with van der Waals surface area (Å²) < 4.78 is 13.4. The molecular weight excluding hydrogens is 424 g/mol. The number of aryl methyl sites for hydroxylation is 2. The summed E-state index contributed by atoms with van der Waals surface area (Å²) in [6.07, 6.45) is 1.95. The molecule has 0 bridgehead atoms. The van der Waals surface area contributed by atoms with Gasteiger partial charge in [0, 0.05) is 12.2 Å². The van der Waals surface area contributed by atoms with Gasteiger partial charge in [0.2, 0.25) is 5.91 Å². The minimum absolute atomic E-state index is 0.0651. The van der Waals surface area contributed by atoms with Crippen molar-refractivity contribution in [2.24, 2.45) is 0 Å². The molecule has 8 heteroatoms. The summed E-state index contributed by atoms with van der Waals surface area (Å²) in [6.45, 7) is 5.89. The number of likely N-dealkylation sites (tertiary alicyclic amines) is 1. The third-order valence-electron chi connectivity index (χ3n) is 5.90. The van der Waals surface area contributed by atoms with Crippen LogP contribution in [0.3, 0.4) is 0 Å². The van der Waals surface area contributed by atoms with E-state index in [9.17, 15) is 4.79 Å². The van der Waals surface area contributed by atoms with Crippen molar-refractivity contribution in [2.45, 2.75) is 37.9 Å². The predicted octanol–water partition coefficient (Wildman–Crippen LogP) is 4.11. The number of benzene rings is 2. The van der Waals surface area contributed by atoms with E-state index in [4.69, 9.17) is 9.47 Å². The molecule has 1 fully saturated rings. The fourth-order valence-corrected chi connectivity index (χ4v) is 5.27. The molecule has 2 aliphatic rings. The quantitative estimate of drug-likeness (QED) is 0.545. The highest BCUT2D eigenvalue weighted by Crippen LogP contribution is 2.38. The number of ether oxygens (including phenoxy) is 2. The average Bonchev–Trinajstić information content (AvgIpc) is 3.44. The second-order valence-electron chi connectivity index (χ2n) is 8.14. The highest BCUT2D eigenvalue weighted by atomic mass is 32.2. The van der Waals surface area contributed by atoms with Gasteiger partial charge in [0.05, 0.1) is 11.8 Å². The minimum atomic E-state index is 0.0651. The van der Waals surface area contributed by atoms with Crippen LogP contribution < -0.4 is 9.47 Å². The van der Waals surface area contributed by atoms with Gasteiger partial charge >= 0.3 is 0 Å². The van der Waals surface area contributed by atoms with Crippen molar-refractivity contribution in [3.8, 4) is 17.2 Å². The van der Waals surface area contributed by atoms with Gasteiger partial charge in [0.15, 0.2) is 16.7 Å². The summed E-state index contributed by atoms with van der Waals surface area (Å²) in [5.74, 6) is 2.79. The maximum atomic E-state index is 13.2. The molecule has 7 nitrogen and oxygen atoms in total. The van der Waals surface area contributed by atoms with Crippen LogP contribution in [0.5, 0.6) is 11.5 Å². The zero-order chi connectivity index (χ0) is 22.1. The Labute approximate surface area is 191 Å². The number of nitrogens with zero attached hydrogens (tertiary/aromatic N) is 4. The molecule has 1 amide bonds. The summed E-state index contributed by atoms with van der Waals surface area (Å²) in [7, 11) is 0. The van der Waals surface area contributed by atoms with Crippen LogP contribution in [0.1, 0.15) is 35.8 Å². The molecule has 166 valence electrons. The van der Waals surface area contributed by atoms with Gasteiger partial charge in [0.25, 0.3) is 0 Å². The highest BCUT2D eigenvalue weighted by Gasteiger charge is 2.31. The number of hydrogen-bond donors (Lipinski definition) is 0. The summed E-state index contributed by atoms with van der Waals surface area (Å²) in [5.41, 5.74) is 3.28. The van der Waals surface area contributed by atoms with Crippen molar-refractivity contribution in [2.75, 3.05) is 25.5 Å². The topological polar surface area (TPSA) is 69.5 Å². The molecule has 2 aliphatic heterocycles. The maximum absolute atomic E-state index is 13.2. The molecule has 1 atom stereocenters. The summed E-state index contributed by atoms with van der Waals surface area (Å²) >= 11 is 1.44. The Hall–Kier alpha value is -3.00. The van der Waals surface area contributed by atoms with Crippen molar-refractivity contribution >= 4 is 17.7 Å². The highest BCUT2D eigenvalue weighted by molar-refractivity contribution is 7.99. The van der Waals surface area contributed by atoms with Crippen LogP contribution in [0.15, 0.2) is 47.6 Å². The van der Waals surface area contributed by atoms with Gasteiger partial charge in [-0.15, -0.1) is 10.2 Å². The zero-order valence-corrected chi connectivity index (χ0v) is 19.1. The summed E-state index contributed by atoms with van der Waals surface area (Å²) in [6, 6.07) is 14.3. The van der Waals surface area contributed by atoms with Gasteiger partial charge in [0.1, 0.15) is 19.0 Å². The van der Waals surface area contributed by atoms with E-state index in [0.29, 0.717) is 19.0 Å². The van der Waals surface area contributed by atoms with E-state index in [1.807, 2.05) is 40.7 Å². The van der Waals surface area contributed by atoms with Gasteiger partial charge in [-0.05, 0) is 62.1 Å². The SMILES string of the molecule is Cc1cccc(-n2c(C)nnc2SCC(=O)N2CCC[C@@H]2c2ccc3c(c2)OCCO3)c1. The van der Waals surface area contributed by atoms with Crippen LogP contribution in [-0.4, -0.2) is 51.1 Å². The van der Waals surface area contributed by atoms with E-state index in [-0.39, 0.29) is 11.9 Å². The molecule has 0 radical (unpaired) electrons. The molecule has 32 heavy (non-hydrogen) atoms. The Bertz CT molecular complexity index is 1150. The standard InChI is InChI=1S/C24H26N4O3S/c1-16-5-3-6-19(13-16)28-17(2)25-26-24(28)32-15-23(29)27-10-4-7-20(27)18-8-9-21-22(14-18)31-12-11-30-21/h3,5-6,8-9,13-14,20H,4,7,10-12,15H2,1-2H3/t20-/m1/s1. The summed E-state index contributed by atoms with van der Waals surface area (Å²) in [4.78, 5) is 15.2. The van der Waals surface area contributed by atoms with Crippen molar-refractivity contribution in [1.82, 2.24) is 19.7 Å². The van der Waals surface area contributed by atoms with Crippen LogP contribution in [0.25, 0.3) is 5.69 Å². The van der Waals surface area contributed by atoms with Gasteiger partial charge in [-0.3, -0.25) is 9.36 Å². The Morgan fingerprint density at radius 1 is 1.09 bits per heavy atom. The maximum Gasteiger partial charge on any atom is 0.233 e. The van der Waals surface area contributed by atoms with Crippen molar-refractivity contribution in [3.05, 3.63) is 59.4 Å². The molecule has 0 saturated carbocycles. The molecule has 3 aromatic rings. The lowest BCUT2D eigenvalue weighted by molar-refractivity contribution is -0.129. The first-order chi connectivity index (χ1) is 15.6. The normalized spacial score (nSPS) is 17.6.